The number of amides is 1. The molecule has 1 aromatic carbocycles. The highest BCUT2D eigenvalue weighted by Gasteiger charge is 2.26. The van der Waals surface area contributed by atoms with Crippen molar-refractivity contribution in [2.45, 2.75) is 19.4 Å². The fourth-order valence-electron chi connectivity index (χ4n) is 2.37. The molecule has 1 unspecified atom stereocenters. The Bertz CT molecular complexity index is 665. The first-order valence-electron chi connectivity index (χ1n) is 7.00. The van der Waals surface area contributed by atoms with Crippen molar-refractivity contribution in [1.29, 1.82) is 0 Å². The number of nitrogens with zero attached hydrogens (tertiary/aromatic N) is 2. The average molecular weight is 286 g/mol. The standard InChI is InChI=1S/C15H18N4O2/c1-3-10-12(9-19(2)18-10)17-15(20)14-8-16-11-6-4-5-7-13(11)21-14/h4-7,9,14,16H,3,8H2,1-2H3,(H,17,20). The summed E-state index contributed by atoms with van der Waals surface area (Å²) in [4.78, 5) is 12.3. The van der Waals surface area contributed by atoms with E-state index in [9.17, 15) is 4.79 Å². The third kappa shape index (κ3) is 2.69. The Balaban J connectivity index is 1.72. The van der Waals surface area contributed by atoms with E-state index in [-0.39, 0.29) is 5.91 Å². The summed E-state index contributed by atoms with van der Waals surface area (Å²) >= 11 is 0. The van der Waals surface area contributed by atoms with Crippen LogP contribution in [0.4, 0.5) is 11.4 Å². The van der Waals surface area contributed by atoms with Gasteiger partial charge in [-0.25, -0.2) is 0 Å². The summed E-state index contributed by atoms with van der Waals surface area (Å²) in [6.07, 6.45) is 2.02. The normalized spacial score (nSPS) is 16.6. The molecule has 6 heteroatoms. The molecule has 1 aromatic heterocycles. The molecule has 21 heavy (non-hydrogen) atoms. The Hall–Kier alpha value is -2.50. The number of anilines is 2. The van der Waals surface area contributed by atoms with Crippen LogP contribution in [0.5, 0.6) is 5.75 Å². The second kappa shape index (κ2) is 5.47. The first-order chi connectivity index (χ1) is 10.2. The molecule has 0 radical (unpaired) electrons. The maximum absolute atomic E-state index is 12.3. The Morgan fingerprint density at radius 1 is 1.52 bits per heavy atom. The van der Waals surface area contributed by atoms with Crippen LogP contribution in [0.3, 0.4) is 0 Å². The Labute approximate surface area is 123 Å². The van der Waals surface area contributed by atoms with Gasteiger partial charge < -0.3 is 15.4 Å². The summed E-state index contributed by atoms with van der Waals surface area (Å²) in [5.74, 6) is 0.533. The predicted molar refractivity (Wildman–Crippen MR) is 80.6 cm³/mol. The predicted octanol–water partition coefficient (Wildman–Crippen LogP) is 1.79. The first-order valence-corrected chi connectivity index (χ1v) is 7.00. The van der Waals surface area contributed by atoms with Gasteiger partial charge in [-0.3, -0.25) is 9.48 Å². The fourth-order valence-corrected chi connectivity index (χ4v) is 2.37. The second-order valence-corrected chi connectivity index (χ2v) is 4.99. The highest BCUT2D eigenvalue weighted by molar-refractivity contribution is 5.95. The lowest BCUT2D eigenvalue weighted by Crippen LogP contribution is -2.41. The largest absolute Gasteiger partial charge is 0.477 e. The van der Waals surface area contributed by atoms with E-state index in [1.54, 1.807) is 10.9 Å². The van der Waals surface area contributed by atoms with E-state index in [0.29, 0.717) is 12.3 Å². The van der Waals surface area contributed by atoms with Gasteiger partial charge in [0.25, 0.3) is 5.91 Å². The molecule has 0 fully saturated rings. The molecule has 1 aliphatic rings. The molecule has 1 atom stereocenters. The molecule has 0 saturated carbocycles. The van der Waals surface area contributed by atoms with Gasteiger partial charge in [-0.1, -0.05) is 19.1 Å². The van der Waals surface area contributed by atoms with Crippen LogP contribution in [0.25, 0.3) is 0 Å². The van der Waals surface area contributed by atoms with Gasteiger partial charge in [-0.05, 0) is 18.6 Å². The lowest BCUT2D eigenvalue weighted by atomic mass is 10.2. The quantitative estimate of drug-likeness (QED) is 0.902. The maximum Gasteiger partial charge on any atom is 0.267 e. The van der Waals surface area contributed by atoms with E-state index >= 15 is 0 Å². The number of hydrogen-bond donors (Lipinski definition) is 2. The first kappa shape index (κ1) is 13.5. The monoisotopic (exact) mass is 286 g/mol. The molecule has 0 spiro atoms. The van der Waals surface area contributed by atoms with E-state index in [1.165, 1.54) is 0 Å². The van der Waals surface area contributed by atoms with Crippen LogP contribution in [0.2, 0.25) is 0 Å². The molecule has 0 saturated heterocycles. The van der Waals surface area contributed by atoms with Crippen LogP contribution in [-0.2, 0) is 18.3 Å². The van der Waals surface area contributed by atoms with Crippen LogP contribution in [0.1, 0.15) is 12.6 Å². The van der Waals surface area contributed by atoms with E-state index in [1.807, 2.05) is 38.2 Å². The summed E-state index contributed by atoms with van der Waals surface area (Å²) < 4.78 is 7.44. The Kier molecular flexibility index (Phi) is 3.51. The molecule has 0 bridgehead atoms. The smallest absolute Gasteiger partial charge is 0.267 e. The minimum atomic E-state index is -0.551. The number of ether oxygens (including phenoxy) is 1. The van der Waals surface area contributed by atoms with E-state index in [2.05, 4.69) is 15.7 Å². The van der Waals surface area contributed by atoms with E-state index < -0.39 is 6.10 Å². The van der Waals surface area contributed by atoms with Crippen LogP contribution >= 0.6 is 0 Å². The number of benzene rings is 1. The third-order valence-electron chi connectivity index (χ3n) is 3.42. The number of fused-ring (bicyclic) bond motifs is 1. The van der Waals surface area contributed by atoms with Gasteiger partial charge >= 0.3 is 0 Å². The van der Waals surface area contributed by atoms with Gasteiger partial charge in [0.2, 0.25) is 0 Å². The number of rotatable bonds is 3. The number of carbonyl (C=O) groups excluding carboxylic acids is 1. The molecule has 1 amide bonds. The zero-order chi connectivity index (χ0) is 14.8. The molecule has 2 N–H and O–H groups in total. The van der Waals surface area contributed by atoms with Gasteiger partial charge in [-0.2, -0.15) is 5.10 Å². The highest BCUT2D eigenvalue weighted by Crippen LogP contribution is 2.28. The Morgan fingerprint density at radius 2 is 2.33 bits per heavy atom. The van der Waals surface area contributed by atoms with Crippen molar-refractivity contribution in [3.8, 4) is 5.75 Å². The van der Waals surface area contributed by atoms with Crippen LogP contribution < -0.4 is 15.4 Å². The minimum Gasteiger partial charge on any atom is -0.477 e. The summed E-state index contributed by atoms with van der Waals surface area (Å²) in [6.45, 7) is 2.46. The van der Waals surface area contributed by atoms with Crippen LogP contribution in [-0.4, -0.2) is 28.3 Å². The number of aromatic nitrogens is 2. The Morgan fingerprint density at radius 3 is 3.14 bits per heavy atom. The van der Waals surface area contributed by atoms with Crippen molar-refractivity contribution in [1.82, 2.24) is 9.78 Å². The fraction of sp³-hybridized carbons (Fsp3) is 0.333. The lowest BCUT2D eigenvalue weighted by molar-refractivity contribution is -0.122. The zero-order valence-corrected chi connectivity index (χ0v) is 12.1. The second-order valence-electron chi connectivity index (χ2n) is 4.99. The lowest BCUT2D eigenvalue weighted by Gasteiger charge is -2.26. The number of hydrogen-bond acceptors (Lipinski definition) is 4. The maximum atomic E-state index is 12.3. The van der Waals surface area contributed by atoms with Crippen molar-refractivity contribution < 1.29 is 9.53 Å². The molecule has 2 aromatic rings. The molecule has 110 valence electrons. The molecule has 0 aliphatic carbocycles. The summed E-state index contributed by atoms with van der Waals surface area (Å²) in [6, 6.07) is 7.60. The van der Waals surface area contributed by atoms with Gasteiger partial charge in [0.05, 0.1) is 23.6 Å². The molecular weight excluding hydrogens is 268 g/mol. The summed E-state index contributed by atoms with van der Waals surface area (Å²) in [7, 11) is 1.84. The zero-order valence-electron chi connectivity index (χ0n) is 12.1. The topological polar surface area (TPSA) is 68.2 Å². The van der Waals surface area contributed by atoms with Gasteiger partial charge in [0, 0.05) is 13.2 Å². The van der Waals surface area contributed by atoms with Gasteiger partial charge in [-0.15, -0.1) is 0 Å². The SMILES string of the molecule is CCc1nn(C)cc1NC(=O)C1CNc2ccccc2O1. The van der Waals surface area contributed by atoms with Gasteiger partial charge in [0.1, 0.15) is 5.75 Å². The molecule has 2 heterocycles. The molecule has 6 nitrogen and oxygen atoms in total. The number of para-hydroxylation sites is 2. The van der Waals surface area contributed by atoms with Crippen molar-refractivity contribution in [2.24, 2.45) is 7.05 Å². The number of aryl methyl sites for hydroxylation is 2. The summed E-state index contributed by atoms with van der Waals surface area (Å²) in [5, 5.41) is 10.4. The van der Waals surface area contributed by atoms with E-state index in [0.717, 1.165) is 23.5 Å². The number of nitrogens with one attached hydrogen (secondary N) is 2. The third-order valence-corrected chi connectivity index (χ3v) is 3.42. The van der Waals surface area contributed by atoms with Crippen LogP contribution in [0.15, 0.2) is 30.5 Å². The average Bonchev–Trinajstić information content (AvgIpc) is 2.86. The molecular formula is C15H18N4O2. The van der Waals surface area contributed by atoms with Crippen molar-refractivity contribution in [3.05, 3.63) is 36.2 Å². The minimum absolute atomic E-state index is 0.167. The highest BCUT2D eigenvalue weighted by atomic mass is 16.5. The van der Waals surface area contributed by atoms with Crippen molar-refractivity contribution >= 4 is 17.3 Å². The van der Waals surface area contributed by atoms with Crippen LogP contribution in [0, 0.1) is 0 Å². The van der Waals surface area contributed by atoms with Crippen molar-refractivity contribution in [2.75, 3.05) is 17.2 Å². The van der Waals surface area contributed by atoms with Crippen molar-refractivity contribution in [3.63, 3.8) is 0 Å². The van der Waals surface area contributed by atoms with Gasteiger partial charge in [0.15, 0.2) is 6.10 Å². The number of carbonyl (C=O) groups is 1. The van der Waals surface area contributed by atoms with E-state index in [4.69, 9.17) is 4.74 Å². The summed E-state index contributed by atoms with van der Waals surface area (Å²) in [5.41, 5.74) is 2.53. The molecule has 3 rings (SSSR count). The molecule has 1 aliphatic heterocycles.